The molecule has 0 bridgehead atoms. The summed E-state index contributed by atoms with van der Waals surface area (Å²) in [5.41, 5.74) is 2.76. The summed E-state index contributed by atoms with van der Waals surface area (Å²) in [6.07, 6.45) is 3.12. The molecule has 1 N–H and O–H groups in total. The van der Waals surface area contributed by atoms with Crippen LogP contribution in [0.5, 0.6) is 0 Å². The van der Waals surface area contributed by atoms with Crippen molar-refractivity contribution in [2.75, 3.05) is 5.32 Å². The second kappa shape index (κ2) is 4.82. The standard InChI is InChI=1S/C14H11ClN4/c1-9-5-6-10-3-2-4-11(14(10)17-9)18-13-8-16-7-12(15)19-13/h2-8H,1H3,(H,18,19). The molecule has 0 aliphatic rings. The van der Waals surface area contributed by atoms with Gasteiger partial charge in [-0.05, 0) is 19.1 Å². The SMILES string of the molecule is Cc1ccc2cccc(Nc3cncc(Cl)n3)c2n1. The number of aromatic nitrogens is 3. The molecular formula is C14H11ClN4. The molecule has 0 amide bonds. The summed E-state index contributed by atoms with van der Waals surface area (Å²) in [5.74, 6) is 0.600. The van der Waals surface area contributed by atoms with E-state index in [1.54, 1.807) is 6.20 Å². The second-order valence-corrected chi connectivity index (χ2v) is 4.57. The highest BCUT2D eigenvalue weighted by molar-refractivity contribution is 6.29. The minimum atomic E-state index is 0.356. The Labute approximate surface area is 115 Å². The van der Waals surface area contributed by atoms with E-state index in [1.807, 2.05) is 37.3 Å². The van der Waals surface area contributed by atoms with Gasteiger partial charge in [-0.3, -0.25) is 9.97 Å². The minimum absolute atomic E-state index is 0.356. The first-order valence-corrected chi connectivity index (χ1v) is 6.21. The average molecular weight is 271 g/mol. The molecule has 0 saturated carbocycles. The summed E-state index contributed by atoms with van der Waals surface area (Å²) < 4.78 is 0. The lowest BCUT2D eigenvalue weighted by atomic mass is 10.2. The van der Waals surface area contributed by atoms with E-state index >= 15 is 0 Å². The molecule has 5 heteroatoms. The number of nitrogens with zero attached hydrogens (tertiary/aromatic N) is 3. The summed E-state index contributed by atoms with van der Waals surface area (Å²) in [4.78, 5) is 12.7. The number of hydrogen-bond donors (Lipinski definition) is 1. The monoisotopic (exact) mass is 270 g/mol. The van der Waals surface area contributed by atoms with Gasteiger partial charge < -0.3 is 5.32 Å². The van der Waals surface area contributed by atoms with Gasteiger partial charge in [0.25, 0.3) is 0 Å². The minimum Gasteiger partial charge on any atom is -0.337 e. The molecule has 0 aliphatic carbocycles. The molecule has 0 aliphatic heterocycles. The maximum absolute atomic E-state index is 5.83. The molecule has 1 aromatic carbocycles. The lowest BCUT2D eigenvalue weighted by molar-refractivity contribution is 1.20. The Kier molecular flexibility index (Phi) is 3.01. The zero-order valence-electron chi connectivity index (χ0n) is 10.3. The second-order valence-electron chi connectivity index (χ2n) is 4.18. The molecule has 0 radical (unpaired) electrons. The Morgan fingerprint density at radius 3 is 2.79 bits per heavy atom. The van der Waals surface area contributed by atoms with Crippen LogP contribution >= 0.6 is 11.6 Å². The molecule has 0 saturated heterocycles. The van der Waals surface area contributed by atoms with Gasteiger partial charge in [0.1, 0.15) is 5.15 Å². The maximum Gasteiger partial charge on any atom is 0.150 e. The number of halogens is 1. The van der Waals surface area contributed by atoms with Crippen molar-refractivity contribution in [1.29, 1.82) is 0 Å². The van der Waals surface area contributed by atoms with Gasteiger partial charge in [0, 0.05) is 11.1 Å². The normalized spacial score (nSPS) is 10.6. The van der Waals surface area contributed by atoms with E-state index in [1.165, 1.54) is 6.20 Å². The Bertz CT molecular complexity index is 742. The third-order valence-corrected chi connectivity index (χ3v) is 2.91. The largest absolute Gasteiger partial charge is 0.337 e. The number of anilines is 2. The Hall–Kier alpha value is -2.20. The van der Waals surface area contributed by atoms with E-state index < -0.39 is 0 Å². The summed E-state index contributed by atoms with van der Waals surface area (Å²) >= 11 is 5.83. The van der Waals surface area contributed by atoms with Crippen LogP contribution in [0.1, 0.15) is 5.69 Å². The van der Waals surface area contributed by atoms with Crippen molar-refractivity contribution < 1.29 is 0 Å². The van der Waals surface area contributed by atoms with Gasteiger partial charge in [-0.1, -0.05) is 29.8 Å². The van der Waals surface area contributed by atoms with Gasteiger partial charge in [0.05, 0.1) is 23.6 Å². The molecule has 0 atom stereocenters. The highest BCUT2D eigenvalue weighted by atomic mass is 35.5. The Balaban J connectivity index is 2.07. The van der Waals surface area contributed by atoms with Crippen LogP contribution < -0.4 is 5.32 Å². The molecule has 0 unspecified atom stereocenters. The number of hydrogen-bond acceptors (Lipinski definition) is 4. The molecule has 3 rings (SSSR count). The Morgan fingerprint density at radius 2 is 1.95 bits per heavy atom. The number of rotatable bonds is 2. The van der Waals surface area contributed by atoms with Gasteiger partial charge in [0.15, 0.2) is 5.82 Å². The smallest absolute Gasteiger partial charge is 0.150 e. The van der Waals surface area contributed by atoms with Crippen molar-refractivity contribution >= 4 is 34.0 Å². The summed E-state index contributed by atoms with van der Waals surface area (Å²) in [7, 11) is 0. The van der Waals surface area contributed by atoms with Crippen molar-refractivity contribution in [3.63, 3.8) is 0 Å². The number of aryl methyl sites for hydroxylation is 1. The van der Waals surface area contributed by atoms with E-state index in [4.69, 9.17) is 11.6 Å². The highest BCUT2D eigenvalue weighted by Crippen LogP contribution is 2.24. The maximum atomic E-state index is 5.83. The Morgan fingerprint density at radius 1 is 1.05 bits per heavy atom. The van der Waals surface area contributed by atoms with Crippen LogP contribution in [-0.2, 0) is 0 Å². The quantitative estimate of drug-likeness (QED) is 0.771. The fourth-order valence-corrected chi connectivity index (χ4v) is 2.03. The zero-order valence-corrected chi connectivity index (χ0v) is 11.0. The number of nitrogens with one attached hydrogen (secondary N) is 1. The van der Waals surface area contributed by atoms with Crippen LogP contribution in [0.15, 0.2) is 42.7 Å². The molecule has 3 aromatic rings. The van der Waals surface area contributed by atoms with E-state index in [9.17, 15) is 0 Å². The molecule has 0 spiro atoms. The summed E-state index contributed by atoms with van der Waals surface area (Å²) in [5, 5.41) is 4.62. The van der Waals surface area contributed by atoms with Crippen LogP contribution in [0.2, 0.25) is 5.15 Å². The fourth-order valence-electron chi connectivity index (χ4n) is 1.89. The predicted octanol–water partition coefficient (Wildman–Crippen LogP) is 3.73. The van der Waals surface area contributed by atoms with Gasteiger partial charge >= 0.3 is 0 Å². The zero-order chi connectivity index (χ0) is 13.2. The molecular weight excluding hydrogens is 260 g/mol. The molecule has 2 aromatic heterocycles. The first-order valence-electron chi connectivity index (χ1n) is 5.83. The van der Waals surface area contributed by atoms with Crippen molar-refractivity contribution in [3.8, 4) is 0 Å². The highest BCUT2D eigenvalue weighted by Gasteiger charge is 2.04. The predicted molar refractivity (Wildman–Crippen MR) is 76.8 cm³/mol. The van der Waals surface area contributed by atoms with E-state index in [2.05, 4.69) is 20.3 Å². The first-order chi connectivity index (χ1) is 9.22. The van der Waals surface area contributed by atoms with Gasteiger partial charge in [-0.2, -0.15) is 0 Å². The van der Waals surface area contributed by atoms with Crippen LogP contribution in [0.25, 0.3) is 10.9 Å². The molecule has 94 valence electrons. The third kappa shape index (κ3) is 2.48. The van der Waals surface area contributed by atoms with Crippen molar-refractivity contribution in [3.05, 3.63) is 53.6 Å². The van der Waals surface area contributed by atoms with E-state index in [-0.39, 0.29) is 0 Å². The molecule has 19 heavy (non-hydrogen) atoms. The van der Waals surface area contributed by atoms with Crippen molar-refractivity contribution in [2.24, 2.45) is 0 Å². The number of benzene rings is 1. The molecule has 0 fully saturated rings. The lowest BCUT2D eigenvalue weighted by Crippen LogP contribution is -1.97. The lowest BCUT2D eigenvalue weighted by Gasteiger charge is -2.08. The van der Waals surface area contributed by atoms with Crippen molar-refractivity contribution in [2.45, 2.75) is 6.92 Å². The third-order valence-electron chi connectivity index (χ3n) is 2.73. The van der Waals surface area contributed by atoms with E-state index in [0.717, 1.165) is 22.3 Å². The van der Waals surface area contributed by atoms with Gasteiger partial charge in [0.2, 0.25) is 0 Å². The first kappa shape index (κ1) is 11.9. The summed E-state index contributed by atoms with van der Waals surface area (Å²) in [6, 6.07) is 9.99. The topological polar surface area (TPSA) is 50.7 Å². The fraction of sp³-hybridized carbons (Fsp3) is 0.0714. The number of pyridine rings is 1. The number of fused-ring (bicyclic) bond motifs is 1. The van der Waals surface area contributed by atoms with Crippen LogP contribution in [-0.4, -0.2) is 15.0 Å². The van der Waals surface area contributed by atoms with Crippen molar-refractivity contribution in [1.82, 2.24) is 15.0 Å². The number of para-hydroxylation sites is 1. The average Bonchev–Trinajstić information content (AvgIpc) is 2.39. The summed E-state index contributed by atoms with van der Waals surface area (Å²) in [6.45, 7) is 1.97. The van der Waals surface area contributed by atoms with Crippen LogP contribution in [0, 0.1) is 6.92 Å². The van der Waals surface area contributed by atoms with Crippen LogP contribution in [0.3, 0.4) is 0 Å². The van der Waals surface area contributed by atoms with Gasteiger partial charge in [-0.25, -0.2) is 4.98 Å². The van der Waals surface area contributed by atoms with Crippen LogP contribution in [0.4, 0.5) is 11.5 Å². The molecule has 2 heterocycles. The van der Waals surface area contributed by atoms with Gasteiger partial charge in [-0.15, -0.1) is 0 Å². The van der Waals surface area contributed by atoms with E-state index in [0.29, 0.717) is 11.0 Å². The molecule has 4 nitrogen and oxygen atoms in total.